The largest absolute Gasteiger partial charge is 0.326 e. The van der Waals surface area contributed by atoms with E-state index in [1.165, 1.54) is 11.8 Å². The zero-order valence-corrected chi connectivity index (χ0v) is 16.1. The lowest BCUT2D eigenvalue weighted by molar-refractivity contribution is -0.115. The molecule has 3 aromatic rings. The smallest absolute Gasteiger partial charge is 0.228 e. The lowest BCUT2D eigenvalue weighted by Crippen LogP contribution is -2.14. The molecule has 1 aromatic heterocycles. The van der Waals surface area contributed by atoms with Crippen molar-refractivity contribution >= 4 is 35.0 Å². The number of benzene rings is 2. The number of carbonyl (C=O) groups is 1. The number of rotatable bonds is 5. The van der Waals surface area contributed by atoms with Gasteiger partial charge in [-0.1, -0.05) is 29.8 Å². The van der Waals surface area contributed by atoms with E-state index < -0.39 is 0 Å². The molecular weight excluding hydrogens is 366 g/mol. The molecule has 0 aliphatic rings. The molecule has 0 unspecified atom stereocenters. The molecule has 0 atom stereocenters. The number of aryl methyl sites for hydroxylation is 2. The first kappa shape index (κ1) is 18.4. The molecular formula is C20H18ClN3OS. The SMILES string of the molecule is Cc1cc(C)nc(Sc2ccc(NC(=O)Cc3ccccc3Cl)cc2)n1. The molecule has 4 nitrogen and oxygen atoms in total. The average molecular weight is 384 g/mol. The highest BCUT2D eigenvalue weighted by molar-refractivity contribution is 7.99. The predicted molar refractivity (Wildman–Crippen MR) is 106 cm³/mol. The topological polar surface area (TPSA) is 54.9 Å². The second-order valence-electron chi connectivity index (χ2n) is 5.88. The summed E-state index contributed by atoms with van der Waals surface area (Å²) in [5.74, 6) is -0.101. The number of amides is 1. The number of nitrogens with one attached hydrogen (secondary N) is 1. The molecule has 1 heterocycles. The second-order valence-corrected chi connectivity index (χ2v) is 7.32. The van der Waals surface area contributed by atoms with Gasteiger partial charge in [-0.2, -0.15) is 0 Å². The maximum absolute atomic E-state index is 12.2. The molecule has 1 amide bonds. The van der Waals surface area contributed by atoms with Crippen LogP contribution in [0, 0.1) is 13.8 Å². The van der Waals surface area contributed by atoms with Gasteiger partial charge in [-0.25, -0.2) is 9.97 Å². The Morgan fingerprint density at radius 1 is 1.04 bits per heavy atom. The standard InChI is InChI=1S/C20H18ClN3OS/c1-13-11-14(2)23-20(22-13)26-17-9-7-16(8-10-17)24-19(25)12-15-5-3-4-6-18(15)21/h3-11H,12H2,1-2H3,(H,24,25). The number of aromatic nitrogens is 2. The minimum atomic E-state index is -0.101. The highest BCUT2D eigenvalue weighted by Crippen LogP contribution is 2.26. The highest BCUT2D eigenvalue weighted by Gasteiger charge is 2.08. The van der Waals surface area contributed by atoms with Crippen molar-refractivity contribution in [2.24, 2.45) is 0 Å². The van der Waals surface area contributed by atoms with Gasteiger partial charge in [0.15, 0.2) is 5.16 Å². The number of hydrogen-bond acceptors (Lipinski definition) is 4. The normalized spacial score (nSPS) is 10.6. The van der Waals surface area contributed by atoms with Gasteiger partial charge in [-0.05, 0) is 67.6 Å². The molecule has 2 aromatic carbocycles. The van der Waals surface area contributed by atoms with Crippen LogP contribution in [0.2, 0.25) is 5.02 Å². The summed E-state index contributed by atoms with van der Waals surface area (Å²) < 4.78 is 0. The zero-order chi connectivity index (χ0) is 18.5. The Hall–Kier alpha value is -2.37. The number of carbonyl (C=O) groups excluding carboxylic acids is 1. The van der Waals surface area contributed by atoms with Crippen LogP contribution in [0.5, 0.6) is 0 Å². The van der Waals surface area contributed by atoms with Crippen molar-refractivity contribution in [2.45, 2.75) is 30.3 Å². The van der Waals surface area contributed by atoms with Crippen LogP contribution in [0.25, 0.3) is 0 Å². The van der Waals surface area contributed by atoms with E-state index in [1.54, 1.807) is 6.07 Å². The summed E-state index contributed by atoms with van der Waals surface area (Å²) in [6.07, 6.45) is 0.243. The summed E-state index contributed by atoms with van der Waals surface area (Å²) >= 11 is 7.59. The molecule has 132 valence electrons. The third-order valence-corrected chi connectivity index (χ3v) is 4.86. The van der Waals surface area contributed by atoms with Crippen LogP contribution in [0.4, 0.5) is 5.69 Å². The van der Waals surface area contributed by atoms with Crippen LogP contribution in [0.1, 0.15) is 17.0 Å². The predicted octanol–water partition coefficient (Wildman–Crippen LogP) is 5.08. The number of hydrogen-bond donors (Lipinski definition) is 1. The fourth-order valence-electron chi connectivity index (χ4n) is 2.47. The summed E-state index contributed by atoms with van der Waals surface area (Å²) in [6.45, 7) is 3.91. The Balaban J connectivity index is 1.62. The first-order valence-corrected chi connectivity index (χ1v) is 9.32. The molecule has 0 aliphatic carbocycles. The van der Waals surface area contributed by atoms with E-state index in [0.717, 1.165) is 32.7 Å². The summed E-state index contributed by atoms with van der Waals surface area (Å²) in [7, 11) is 0. The van der Waals surface area contributed by atoms with E-state index in [0.29, 0.717) is 5.02 Å². The minimum absolute atomic E-state index is 0.101. The summed E-state index contributed by atoms with van der Waals surface area (Å²) in [4.78, 5) is 22.1. The van der Waals surface area contributed by atoms with E-state index in [-0.39, 0.29) is 12.3 Å². The second kappa shape index (κ2) is 8.34. The van der Waals surface area contributed by atoms with Crippen LogP contribution in [0.15, 0.2) is 64.6 Å². The molecule has 0 radical (unpaired) electrons. The van der Waals surface area contributed by atoms with Gasteiger partial charge < -0.3 is 5.32 Å². The minimum Gasteiger partial charge on any atom is -0.326 e. The van der Waals surface area contributed by atoms with Gasteiger partial charge in [-0.15, -0.1) is 0 Å². The van der Waals surface area contributed by atoms with Crippen molar-refractivity contribution in [1.82, 2.24) is 9.97 Å². The van der Waals surface area contributed by atoms with E-state index in [1.807, 2.05) is 62.4 Å². The van der Waals surface area contributed by atoms with Crippen molar-refractivity contribution in [2.75, 3.05) is 5.32 Å². The van der Waals surface area contributed by atoms with Crippen molar-refractivity contribution in [3.8, 4) is 0 Å². The maximum Gasteiger partial charge on any atom is 0.228 e. The van der Waals surface area contributed by atoms with Gasteiger partial charge in [0.2, 0.25) is 5.91 Å². The van der Waals surface area contributed by atoms with Crippen LogP contribution in [0.3, 0.4) is 0 Å². The van der Waals surface area contributed by atoms with Gasteiger partial charge >= 0.3 is 0 Å². The molecule has 1 N–H and O–H groups in total. The molecule has 0 saturated carbocycles. The van der Waals surface area contributed by atoms with Gasteiger partial charge in [0.05, 0.1) is 6.42 Å². The molecule has 0 fully saturated rings. The summed E-state index contributed by atoms with van der Waals surface area (Å²) in [6, 6.07) is 16.9. The van der Waals surface area contributed by atoms with Crippen molar-refractivity contribution in [3.05, 3.63) is 76.6 Å². The van der Waals surface area contributed by atoms with Gasteiger partial charge in [0.25, 0.3) is 0 Å². The van der Waals surface area contributed by atoms with E-state index in [2.05, 4.69) is 15.3 Å². The lowest BCUT2D eigenvalue weighted by atomic mass is 10.1. The zero-order valence-electron chi connectivity index (χ0n) is 14.5. The molecule has 6 heteroatoms. The van der Waals surface area contributed by atoms with Crippen molar-refractivity contribution in [1.29, 1.82) is 0 Å². The van der Waals surface area contributed by atoms with Crippen molar-refractivity contribution < 1.29 is 4.79 Å². The Labute approximate surface area is 162 Å². The van der Waals surface area contributed by atoms with Crippen molar-refractivity contribution in [3.63, 3.8) is 0 Å². The molecule has 26 heavy (non-hydrogen) atoms. The van der Waals surface area contributed by atoms with Gasteiger partial charge in [0, 0.05) is 27.0 Å². The number of nitrogens with zero attached hydrogens (tertiary/aromatic N) is 2. The van der Waals surface area contributed by atoms with Crippen LogP contribution >= 0.6 is 23.4 Å². The summed E-state index contributed by atoms with van der Waals surface area (Å²) in [5, 5.41) is 4.21. The van der Waals surface area contributed by atoms with Crippen LogP contribution in [-0.4, -0.2) is 15.9 Å². The summed E-state index contributed by atoms with van der Waals surface area (Å²) in [5.41, 5.74) is 3.45. The first-order chi connectivity index (χ1) is 12.5. The third kappa shape index (κ3) is 5.07. The lowest BCUT2D eigenvalue weighted by Gasteiger charge is -2.08. The number of halogens is 1. The third-order valence-electron chi connectivity index (χ3n) is 3.62. The monoisotopic (exact) mass is 383 g/mol. The van der Waals surface area contributed by atoms with Crippen LogP contribution in [-0.2, 0) is 11.2 Å². The fourth-order valence-corrected chi connectivity index (χ4v) is 3.54. The maximum atomic E-state index is 12.2. The molecule has 0 saturated heterocycles. The Bertz CT molecular complexity index is 908. The molecule has 0 bridgehead atoms. The molecule has 0 spiro atoms. The Morgan fingerprint density at radius 2 is 1.69 bits per heavy atom. The van der Waals surface area contributed by atoms with Gasteiger partial charge in [0.1, 0.15) is 0 Å². The van der Waals surface area contributed by atoms with E-state index in [4.69, 9.17) is 11.6 Å². The quantitative estimate of drug-likeness (QED) is 0.624. The molecule has 0 aliphatic heterocycles. The van der Waals surface area contributed by atoms with E-state index >= 15 is 0 Å². The first-order valence-electron chi connectivity index (χ1n) is 8.13. The molecule has 3 rings (SSSR count). The van der Waals surface area contributed by atoms with E-state index in [9.17, 15) is 4.79 Å². The Morgan fingerprint density at radius 3 is 2.35 bits per heavy atom. The van der Waals surface area contributed by atoms with Gasteiger partial charge in [-0.3, -0.25) is 4.79 Å². The average Bonchev–Trinajstić information content (AvgIpc) is 2.58. The highest BCUT2D eigenvalue weighted by atomic mass is 35.5. The van der Waals surface area contributed by atoms with Crippen LogP contribution < -0.4 is 5.32 Å². The Kier molecular flexibility index (Phi) is 5.91. The number of anilines is 1. The fraction of sp³-hybridized carbons (Fsp3) is 0.150.